The summed E-state index contributed by atoms with van der Waals surface area (Å²) in [6.07, 6.45) is 11.3. The van der Waals surface area contributed by atoms with E-state index >= 15 is 0 Å². The molecule has 288 valence electrons. The van der Waals surface area contributed by atoms with Crippen LogP contribution in [0.2, 0.25) is 0 Å². The Labute approximate surface area is 313 Å². The van der Waals surface area contributed by atoms with Gasteiger partial charge >= 0.3 is 11.9 Å². The predicted molar refractivity (Wildman–Crippen MR) is 204 cm³/mol. The number of benzene rings is 1. The number of esters is 1. The number of carbonyl (C=O) groups is 3. The molecular weight excluding hydrogens is 650 g/mol. The molecule has 5 aliphatic carbocycles. The minimum atomic E-state index is -1.15. The van der Waals surface area contributed by atoms with Crippen LogP contribution >= 0.6 is 0 Å². The van der Waals surface area contributed by atoms with E-state index in [-0.39, 0.29) is 45.5 Å². The molecule has 7 nitrogen and oxygen atoms in total. The first-order chi connectivity index (χ1) is 24.2. The normalized spacial score (nSPS) is 39.2. The van der Waals surface area contributed by atoms with Gasteiger partial charge in [-0.15, -0.1) is 0 Å². The van der Waals surface area contributed by atoms with Gasteiger partial charge in [0.1, 0.15) is 11.9 Å². The summed E-state index contributed by atoms with van der Waals surface area (Å²) in [5.41, 5.74) is 1.48. The molecule has 5 saturated carbocycles. The molecule has 0 aromatic heterocycles. The Bertz CT molecular complexity index is 1580. The standard InChI is InChI=1S/C45H67NO6/c1-28(2)31-16-21-45(25-36(47)46-27-29-12-11-13-30(24-29)51-10)23-22-43(8)32(38(31)45)14-15-34-42(7)19-18-35(52-37(48)26-40(3,4)39(49)50)41(5,6)33(42)17-20-44(34,43)9/h11-13,24,31-35,38H,1,14-23,25-27H2,2-10H3,(H,46,47)(H,49,50)/t31-,32+,33-,34+,35-,38+,42-,43+,44?,45+/m0/s1. The van der Waals surface area contributed by atoms with Crippen molar-refractivity contribution in [3.05, 3.63) is 42.0 Å². The monoisotopic (exact) mass is 717 g/mol. The summed E-state index contributed by atoms with van der Waals surface area (Å²) >= 11 is 0. The molecule has 0 radical (unpaired) electrons. The SMILES string of the molecule is C=C(C)[C@@H]1CC[C@]2(CC(=O)NCc3cccc(OC)c3)CC[C@]3(C)[C@H](CC[C@H]4C3(C)CC[C@H]3C(C)(C)[C@@H](OC(=O)CC(C)(C)C(=O)O)CC[C@@]34C)[C@@H]12. The summed E-state index contributed by atoms with van der Waals surface area (Å²) in [6, 6.07) is 7.95. The van der Waals surface area contributed by atoms with Gasteiger partial charge in [-0.25, -0.2) is 0 Å². The van der Waals surface area contributed by atoms with Crippen molar-refractivity contribution in [1.82, 2.24) is 5.32 Å². The summed E-state index contributed by atoms with van der Waals surface area (Å²) in [4.78, 5) is 38.6. The Hall–Kier alpha value is -2.83. The molecule has 52 heavy (non-hydrogen) atoms. The number of carboxylic acids is 1. The lowest BCUT2D eigenvalue weighted by Crippen LogP contribution is -2.67. The lowest BCUT2D eigenvalue weighted by atomic mass is 9.32. The molecule has 5 aliphatic rings. The molecule has 5 fully saturated rings. The van der Waals surface area contributed by atoms with E-state index in [1.165, 1.54) is 24.8 Å². The van der Waals surface area contributed by atoms with Crippen molar-refractivity contribution in [1.29, 1.82) is 0 Å². The van der Waals surface area contributed by atoms with Crippen molar-refractivity contribution in [2.45, 2.75) is 145 Å². The number of amides is 1. The molecule has 1 aromatic carbocycles. The van der Waals surface area contributed by atoms with Crippen LogP contribution in [0.5, 0.6) is 5.75 Å². The molecule has 0 bridgehead atoms. The molecule has 2 N–H and O–H groups in total. The van der Waals surface area contributed by atoms with Gasteiger partial charge in [-0.05, 0) is 154 Å². The van der Waals surface area contributed by atoms with Crippen molar-refractivity contribution in [2.75, 3.05) is 7.11 Å². The number of nitrogens with one attached hydrogen (secondary N) is 1. The van der Waals surface area contributed by atoms with Crippen LogP contribution in [0.1, 0.15) is 138 Å². The first-order valence-corrected chi connectivity index (χ1v) is 20.2. The first-order valence-electron chi connectivity index (χ1n) is 20.2. The number of fused-ring (bicyclic) bond motifs is 7. The highest BCUT2D eigenvalue weighted by atomic mass is 16.5. The Balaban J connectivity index is 1.22. The molecule has 0 aliphatic heterocycles. The van der Waals surface area contributed by atoms with Gasteiger partial charge in [0.15, 0.2) is 0 Å². The lowest BCUT2D eigenvalue weighted by Gasteiger charge is -2.73. The number of hydrogen-bond acceptors (Lipinski definition) is 5. The van der Waals surface area contributed by atoms with Crippen molar-refractivity contribution >= 4 is 17.8 Å². The minimum Gasteiger partial charge on any atom is -0.497 e. The summed E-state index contributed by atoms with van der Waals surface area (Å²) in [5.74, 6) is 2.07. The van der Waals surface area contributed by atoms with Crippen molar-refractivity contribution < 1.29 is 29.0 Å². The van der Waals surface area contributed by atoms with Crippen LogP contribution in [-0.4, -0.2) is 36.2 Å². The van der Waals surface area contributed by atoms with Crippen LogP contribution < -0.4 is 10.1 Å². The molecule has 1 amide bonds. The second kappa shape index (κ2) is 13.5. The quantitative estimate of drug-likeness (QED) is 0.185. The highest BCUT2D eigenvalue weighted by Crippen LogP contribution is 2.78. The zero-order valence-electron chi connectivity index (χ0n) is 33.7. The summed E-state index contributed by atoms with van der Waals surface area (Å²) < 4.78 is 11.6. The average Bonchev–Trinajstić information content (AvgIpc) is 3.45. The van der Waals surface area contributed by atoms with Crippen LogP contribution in [0.25, 0.3) is 0 Å². The second-order valence-corrected chi connectivity index (χ2v) is 20.1. The fraction of sp³-hybridized carbons (Fsp3) is 0.756. The lowest BCUT2D eigenvalue weighted by molar-refractivity contribution is -0.250. The Morgan fingerprint density at radius 3 is 2.33 bits per heavy atom. The van der Waals surface area contributed by atoms with E-state index in [0.29, 0.717) is 42.6 Å². The van der Waals surface area contributed by atoms with Crippen LogP contribution in [0, 0.1) is 62.1 Å². The van der Waals surface area contributed by atoms with E-state index in [2.05, 4.69) is 53.4 Å². The maximum absolute atomic E-state index is 13.8. The fourth-order valence-corrected chi connectivity index (χ4v) is 13.8. The zero-order valence-corrected chi connectivity index (χ0v) is 33.7. The molecule has 10 atom stereocenters. The van der Waals surface area contributed by atoms with Crippen LogP contribution in [0.4, 0.5) is 0 Å². The van der Waals surface area contributed by atoms with Crippen LogP contribution in [-0.2, 0) is 25.7 Å². The van der Waals surface area contributed by atoms with E-state index < -0.39 is 17.4 Å². The first kappa shape index (κ1) is 38.9. The number of methoxy groups -OCH3 is 1. The molecule has 0 heterocycles. The van der Waals surface area contributed by atoms with E-state index in [9.17, 15) is 19.5 Å². The maximum atomic E-state index is 13.8. The van der Waals surface area contributed by atoms with Crippen molar-refractivity contribution in [2.24, 2.45) is 62.1 Å². The van der Waals surface area contributed by atoms with Gasteiger partial charge in [0, 0.05) is 18.4 Å². The second-order valence-electron chi connectivity index (χ2n) is 20.1. The largest absolute Gasteiger partial charge is 0.497 e. The molecule has 1 aromatic rings. The van der Waals surface area contributed by atoms with Gasteiger partial charge < -0.3 is 19.9 Å². The molecular formula is C45H67NO6. The number of carbonyl (C=O) groups excluding carboxylic acids is 2. The van der Waals surface area contributed by atoms with Gasteiger partial charge in [-0.3, -0.25) is 14.4 Å². The summed E-state index contributed by atoms with van der Waals surface area (Å²) in [5, 5.41) is 12.9. The molecule has 1 unspecified atom stereocenters. The van der Waals surface area contributed by atoms with E-state index in [1.807, 2.05) is 24.3 Å². The van der Waals surface area contributed by atoms with Gasteiger partial charge in [-0.1, -0.05) is 58.9 Å². The van der Waals surface area contributed by atoms with Gasteiger partial charge in [-0.2, -0.15) is 0 Å². The maximum Gasteiger partial charge on any atom is 0.309 e. The van der Waals surface area contributed by atoms with Crippen molar-refractivity contribution in [3.63, 3.8) is 0 Å². The number of carboxylic acid groups (broad SMARTS) is 1. The third-order valence-electron chi connectivity index (χ3n) is 16.8. The van der Waals surface area contributed by atoms with Crippen LogP contribution in [0.3, 0.4) is 0 Å². The summed E-state index contributed by atoms with van der Waals surface area (Å²) in [7, 11) is 1.67. The smallest absolute Gasteiger partial charge is 0.309 e. The van der Waals surface area contributed by atoms with Gasteiger partial charge in [0.2, 0.25) is 5.91 Å². The van der Waals surface area contributed by atoms with Gasteiger partial charge in [0.05, 0.1) is 18.9 Å². The molecule has 7 heteroatoms. The highest BCUT2D eigenvalue weighted by Gasteiger charge is 2.71. The van der Waals surface area contributed by atoms with E-state index in [0.717, 1.165) is 56.3 Å². The molecule has 6 rings (SSSR count). The van der Waals surface area contributed by atoms with Crippen molar-refractivity contribution in [3.8, 4) is 5.75 Å². The number of aliphatic carboxylic acids is 1. The average molecular weight is 718 g/mol. The third-order valence-corrected chi connectivity index (χ3v) is 16.8. The minimum absolute atomic E-state index is 0.00961. The number of allylic oxidation sites excluding steroid dienone is 1. The third kappa shape index (κ3) is 6.22. The Kier molecular flexibility index (Phi) is 10.1. The Morgan fingerprint density at radius 2 is 1.65 bits per heavy atom. The Morgan fingerprint density at radius 1 is 0.923 bits per heavy atom. The zero-order chi connectivity index (χ0) is 38.1. The molecule has 0 spiro atoms. The highest BCUT2D eigenvalue weighted by molar-refractivity contribution is 5.81. The van der Waals surface area contributed by atoms with E-state index in [4.69, 9.17) is 9.47 Å². The van der Waals surface area contributed by atoms with Crippen LogP contribution in [0.15, 0.2) is 36.4 Å². The topological polar surface area (TPSA) is 102 Å². The number of hydrogen-bond donors (Lipinski definition) is 2. The van der Waals surface area contributed by atoms with E-state index in [1.54, 1.807) is 21.0 Å². The number of ether oxygens (including phenoxy) is 2. The number of rotatable bonds is 10. The fourth-order valence-electron chi connectivity index (χ4n) is 13.8. The molecule has 0 saturated heterocycles. The van der Waals surface area contributed by atoms with Gasteiger partial charge in [0.25, 0.3) is 0 Å². The summed E-state index contributed by atoms with van der Waals surface area (Å²) in [6.45, 7) is 22.9. The predicted octanol–water partition coefficient (Wildman–Crippen LogP) is 9.77.